The van der Waals surface area contributed by atoms with Crippen LogP contribution in [0.2, 0.25) is 0 Å². The molecule has 1 fully saturated rings. The third kappa shape index (κ3) is 4.82. The van der Waals surface area contributed by atoms with Gasteiger partial charge in [0.2, 0.25) is 5.91 Å². The lowest BCUT2D eigenvalue weighted by atomic mass is 10.2. The number of carboxylic acid groups (broad SMARTS) is 1. The Balaban J connectivity index is 1.91. The number of carbonyl (C=O) groups excluding carboxylic acids is 2. The summed E-state index contributed by atoms with van der Waals surface area (Å²) in [5.74, 6) is -0.922. The molecule has 2 amide bonds. The molecule has 0 radical (unpaired) electrons. The molecule has 25 heavy (non-hydrogen) atoms. The lowest BCUT2D eigenvalue weighted by molar-refractivity contribution is -0.142. The lowest BCUT2D eigenvalue weighted by Gasteiger charge is -2.37. The van der Waals surface area contributed by atoms with Gasteiger partial charge in [-0.1, -0.05) is 6.92 Å². The number of amides is 2. The highest BCUT2D eigenvalue weighted by atomic mass is 16.4. The molecule has 1 N–H and O–H groups in total. The summed E-state index contributed by atoms with van der Waals surface area (Å²) >= 11 is 0. The molecular formula is C17H25N3O5. The number of rotatable bonds is 7. The fourth-order valence-corrected chi connectivity index (χ4v) is 2.98. The standard InChI is InChI=1S/C17H25N3O5/c1-3-6-20(12-15(21)22)13(2)16(23)18-7-9-19(10-8-18)17(24)14-5-4-11-25-14/h4-5,11,13H,3,6-10,12H2,1-2H3,(H,21,22). The highest BCUT2D eigenvalue weighted by Gasteiger charge is 2.31. The Labute approximate surface area is 147 Å². The Bertz CT molecular complexity index is 593. The van der Waals surface area contributed by atoms with Gasteiger partial charge < -0.3 is 19.3 Å². The molecule has 8 heteroatoms. The van der Waals surface area contributed by atoms with Gasteiger partial charge in [-0.25, -0.2) is 0 Å². The first kappa shape index (κ1) is 19.0. The van der Waals surface area contributed by atoms with Gasteiger partial charge in [-0.2, -0.15) is 0 Å². The average molecular weight is 351 g/mol. The smallest absolute Gasteiger partial charge is 0.317 e. The van der Waals surface area contributed by atoms with Crippen LogP contribution < -0.4 is 0 Å². The predicted octanol–water partition coefficient (Wildman–Crippen LogP) is 0.749. The molecule has 2 rings (SSSR count). The van der Waals surface area contributed by atoms with Crippen LogP contribution in [0.3, 0.4) is 0 Å². The highest BCUT2D eigenvalue weighted by Crippen LogP contribution is 2.12. The second-order valence-electron chi connectivity index (χ2n) is 6.13. The number of hydrogen-bond acceptors (Lipinski definition) is 5. The monoisotopic (exact) mass is 351 g/mol. The zero-order chi connectivity index (χ0) is 18.4. The number of hydrogen-bond donors (Lipinski definition) is 1. The van der Waals surface area contributed by atoms with E-state index in [1.54, 1.807) is 33.8 Å². The van der Waals surface area contributed by atoms with E-state index in [9.17, 15) is 14.4 Å². The minimum atomic E-state index is -0.943. The largest absolute Gasteiger partial charge is 0.480 e. The van der Waals surface area contributed by atoms with Crippen LogP contribution in [0.5, 0.6) is 0 Å². The molecule has 0 aliphatic carbocycles. The maximum atomic E-state index is 12.7. The van der Waals surface area contributed by atoms with Crippen molar-refractivity contribution in [1.82, 2.24) is 14.7 Å². The Morgan fingerprint density at radius 3 is 2.40 bits per heavy atom. The van der Waals surface area contributed by atoms with E-state index in [1.807, 2.05) is 6.92 Å². The molecule has 8 nitrogen and oxygen atoms in total. The Kier molecular flexibility index (Phi) is 6.58. The number of carboxylic acids is 1. The number of piperazine rings is 1. The Morgan fingerprint density at radius 2 is 1.88 bits per heavy atom. The van der Waals surface area contributed by atoms with Crippen LogP contribution in [-0.2, 0) is 9.59 Å². The van der Waals surface area contributed by atoms with Crippen molar-refractivity contribution >= 4 is 17.8 Å². The van der Waals surface area contributed by atoms with E-state index in [1.165, 1.54) is 6.26 Å². The van der Waals surface area contributed by atoms with Crippen LogP contribution in [0, 0.1) is 0 Å². The summed E-state index contributed by atoms with van der Waals surface area (Å²) in [6.07, 6.45) is 2.23. The predicted molar refractivity (Wildman–Crippen MR) is 90.2 cm³/mol. The molecule has 1 saturated heterocycles. The third-order valence-electron chi connectivity index (χ3n) is 4.36. The molecule has 1 aromatic rings. The first-order valence-corrected chi connectivity index (χ1v) is 8.51. The number of aliphatic carboxylic acids is 1. The molecule has 0 saturated carbocycles. The van der Waals surface area contributed by atoms with Crippen molar-refractivity contribution in [3.05, 3.63) is 24.2 Å². The molecule has 1 unspecified atom stereocenters. The highest BCUT2D eigenvalue weighted by molar-refractivity contribution is 5.91. The van der Waals surface area contributed by atoms with Gasteiger partial charge in [-0.3, -0.25) is 19.3 Å². The number of furan rings is 1. The summed E-state index contributed by atoms with van der Waals surface area (Å²) in [7, 11) is 0. The van der Waals surface area contributed by atoms with E-state index in [2.05, 4.69) is 0 Å². The van der Waals surface area contributed by atoms with Crippen molar-refractivity contribution < 1.29 is 23.9 Å². The molecule has 1 aromatic heterocycles. The van der Waals surface area contributed by atoms with E-state index in [0.717, 1.165) is 6.42 Å². The van der Waals surface area contributed by atoms with Crippen LogP contribution >= 0.6 is 0 Å². The molecule has 1 aliphatic heterocycles. The minimum Gasteiger partial charge on any atom is -0.480 e. The summed E-state index contributed by atoms with van der Waals surface area (Å²) < 4.78 is 5.12. The molecule has 2 heterocycles. The number of carbonyl (C=O) groups is 3. The van der Waals surface area contributed by atoms with Gasteiger partial charge in [-0.15, -0.1) is 0 Å². The summed E-state index contributed by atoms with van der Waals surface area (Å²) in [6.45, 7) is 5.82. The van der Waals surface area contributed by atoms with Crippen LogP contribution in [0.15, 0.2) is 22.8 Å². The summed E-state index contributed by atoms with van der Waals surface area (Å²) in [6, 6.07) is 2.79. The van der Waals surface area contributed by atoms with E-state index < -0.39 is 12.0 Å². The fourth-order valence-electron chi connectivity index (χ4n) is 2.98. The van der Waals surface area contributed by atoms with Crippen molar-refractivity contribution in [1.29, 1.82) is 0 Å². The molecular weight excluding hydrogens is 326 g/mol. The zero-order valence-electron chi connectivity index (χ0n) is 14.7. The minimum absolute atomic E-state index is 0.0974. The first-order chi connectivity index (χ1) is 11.9. The normalized spacial score (nSPS) is 16.1. The molecule has 138 valence electrons. The van der Waals surface area contributed by atoms with E-state index in [-0.39, 0.29) is 18.4 Å². The Morgan fingerprint density at radius 1 is 1.24 bits per heavy atom. The SMILES string of the molecule is CCCN(CC(=O)O)C(C)C(=O)N1CCN(C(=O)c2ccco2)CC1. The zero-order valence-corrected chi connectivity index (χ0v) is 14.7. The van der Waals surface area contributed by atoms with Crippen molar-refractivity contribution in [2.24, 2.45) is 0 Å². The van der Waals surface area contributed by atoms with Gasteiger partial charge in [0.05, 0.1) is 18.8 Å². The van der Waals surface area contributed by atoms with Gasteiger partial charge in [-0.05, 0) is 32.0 Å². The van der Waals surface area contributed by atoms with Gasteiger partial charge in [0, 0.05) is 26.2 Å². The van der Waals surface area contributed by atoms with E-state index in [0.29, 0.717) is 38.5 Å². The third-order valence-corrected chi connectivity index (χ3v) is 4.36. The second-order valence-corrected chi connectivity index (χ2v) is 6.13. The molecule has 1 atom stereocenters. The van der Waals surface area contributed by atoms with Crippen LogP contribution in [0.25, 0.3) is 0 Å². The van der Waals surface area contributed by atoms with Crippen molar-refractivity contribution in [3.63, 3.8) is 0 Å². The lowest BCUT2D eigenvalue weighted by Crippen LogP contribution is -2.55. The Hall–Kier alpha value is -2.35. The van der Waals surface area contributed by atoms with E-state index >= 15 is 0 Å². The van der Waals surface area contributed by atoms with Gasteiger partial charge in [0.1, 0.15) is 0 Å². The molecule has 0 spiro atoms. The summed E-state index contributed by atoms with van der Waals surface area (Å²) in [5.41, 5.74) is 0. The quantitative estimate of drug-likeness (QED) is 0.779. The maximum absolute atomic E-state index is 12.7. The summed E-state index contributed by atoms with van der Waals surface area (Å²) in [4.78, 5) is 40.9. The van der Waals surface area contributed by atoms with E-state index in [4.69, 9.17) is 9.52 Å². The fraction of sp³-hybridized carbons (Fsp3) is 0.588. The van der Waals surface area contributed by atoms with Crippen molar-refractivity contribution in [3.8, 4) is 0 Å². The molecule has 0 aromatic carbocycles. The van der Waals surface area contributed by atoms with Crippen LogP contribution in [0.1, 0.15) is 30.8 Å². The topological polar surface area (TPSA) is 94.3 Å². The molecule has 1 aliphatic rings. The second kappa shape index (κ2) is 8.66. The number of nitrogens with zero attached hydrogens (tertiary/aromatic N) is 3. The van der Waals surface area contributed by atoms with Gasteiger partial charge in [0.15, 0.2) is 5.76 Å². The van der Waals surface area contributed by atoms with Gasteiger partial charge >= 0.3 is 5.97 Å². The van der Waals surface area contributed by atoms with Gasteiger partial charge in [0.25, 0.3) is 5.91 Å². The van der Waals surface area contributed by atoms with Crippen molar-refractivity contribution in [2.75, 3.05) is 39.3 Å². The summed E-state index contributed by atoms with van der Waals surface area (Å²) in [5, 5.41) is 9.02. The van der Waals surface area contributed by atoms with Crippen molar-refractivity contribution in [2.45, 2.75) is 26.3 Å². The van der Waals surface area contributed by atoms with Crippen LogP contribution in [0.4, 0.5) is 0 Å². The molecule has 0 bridgehead atoms. The average Bonchev–Trinajstić information content (AvgIpc) is 3.14. The maximum Gasteiger partial charge on any atom is 0.317 e. The first-order valence-electron chi connectivity index (χ1n) is 8.51. The van der Waals surface area contributed by atoms with Crippen LogP contribution in [-0.4, -0.2) is 82.9 Å².